The number of carbonyl (C=O) groups is 2. The Hall–Kier alpha value is -2.57. The fourth-order valence-corrected chi connectivity index (χ4v) is 7.41. The number of benzene rings is 2. The van der Waals surface area contributed by atoms with Gasteiger partial charge in [-0.05, 0) is 83.2 Å². The Bertz CT molecular complexity index is 1270. The molecular weight excluding hydrogens is 523 g/mol. The van der Waals surface area contributed by atoms with Crippen LogP contribution >= 0.6 is 23.1 Å². The Kier molecular flexibility index (Phi) is 10.1. The number of hydrogen-bond acceptors (Lipinski definition) is 5. The highest BCUT2D eigenvalue weighted by Gasteiger charge is 2.25. The van der Waals surface area contributed by atoms with Gasteiger partial charge in [-0.1, -0.05) is 65.8 Å². The summed E-state index contributed by atoms with van der Waals surface area (Å²) in [6, 6.07) is 17.6. The van der Waals surface area contributed by atoms with Crippen LogP contribution < -0.4 is 5.32 Å². The first-order valence-corrected chi connectivity index (χ1v) is 15.2. The summed E-state index contributed by atoms with van der Waals surface area (Å²) >= 11 is 3.41. The highest BCUT2D eigenvalue weighted by Crippen LogP contribution is 2.46. The van der Waals surface area contributed by atoms with Gasteiger partial charge in [0, 0.05) is 21.6 Å². The average Bonchev–Trinajstić information content (AvgIpc) is 3.32. The molecule has 2 aromatic carbocycles. The molecular formula is C33H43NO3S2. The molecule has 1 atom stereocenters. The van der Waals surface area contributed by atoms with E-state index >= 15 is 0 Å². The molecule has 0 saturated heterocycles. The van der Waals surface area contributed by atoms with Crippen LogP contribution in [-0.2, 0) is 14.9 Å². The predicted octanol–water partition coefficient (Wildman–Crippen LogP) is 8.89. The Labute approximate surface area is 242 Å². The molecule has 1 unspecified atom stereocenters. The van der Waals surface area contributed by atoms with Crippen LogP contribution in [0.15, 0.2) is 53.4 Å². The molecule has 1 amide bonds. The number of hydrogen-bond donors (Lipinski definition) is 1. The summed E-state index contributed by atoms with van der Waals surface area (Å²) in [5, 5.41) is 3.05. The van der Waals surface area contributed by atoms with E-state index in [2.05, 4.69) is 108 Å². The number of carbonyl (C=O) groups excluding carboxylic acids is 2. The number of nitrogens with one attached hydrogen (secondary N) is 1. The van der Waals surface area contributed by atoms with Gasteiger partial charge < -0.3 is 10.1 Å². The van der Waals surface area contributed by atoms with Crippen LogP contribution in [0.4, 0.5) is 0 Å². The van der Waals surface area contributed by atoms with Gasteiger partial charge >= 0.3 is 5.97 Å². The maximum Gasteiger partial charge on any atom is 0.307 e. The minimum absolute atomic E-state index is 0.128. The van der Waals surface area contributed by atoms with Gasteiger partial charge in [0.25, 0.3) is 5.91 Å². The molecule has 0 aliphatic carbocycles. The molecule has 6 heteroatoms. The fraction of sp³-hybridized carbons (Fsp3) is 0.455. The van der Waals surface area contributed by atoms with Crippen molar-refractivity contribution in [3.63, 3.8) is 0 Å². The molecule has 0 spiro atoms. The molecule has 1 aromatic heterocycles. The number of amides is 1. The summed E-state index contributed by atoms with van der Waals surface area (Å²) in [5.41, 5.74) is 6.70. The van der Waals surface area contributed by atoms with Crippen LogP contribution in [0.2, 0.25) is 0 Å². The van der Waals surface area contributed by atoms with E-state index in [1.54, 1.807) is 0 Å². The van der Waals surface area contributed by atoms with Gasteiger partial charge in [-0.3, -0.25) is 9.59 Å². The van der Waals surface area contributed by atoms with Crippen LogP contribution in [0.25, 0.3) is 11.1 Å². The smallest absolute Gasteiger partial charge is 0.307 e. The molecule has 0 fully saturated rings. The van der Waals surface area contributed by atoms with Gasteiger partial charge in [-0.25, -0.2) is 0 Å². The Morgan fingerprint density at radius 3 is 2.10 bits per heavy atom. The number of thiophene rings is 1. The molecule has 3 aromatic rings. The molecule has 1 heterocycles. The van der Waals surface area contributed by atoms with E-state index in [1.807, 2.05) is 17.8 Å². The lowest BCUT2D eigenvalue weighted by atomic mass is 9.85. The third-order valence-electron chi connectivity index (χ3n) is 6.63. The SMILES string of the molecule is COC(=O)CCNC(=O)c1ccc(C(CC(C)(C)C)Sc2cc(C)c(-c3ccc(C(C)(C)C)cc3)c(C)c2)s1. The summed E-state index contributed by atoms with van der Waals surface area (Å²) in [6.45, 7) is 18.2. The van der Waals surface area contributed by atoms with Gasteiger partial charge in [0.15, 0.2) is 0 Å². The number of methoxy groups -OCH3 is 1. The third kappa shape index (κ3) is 8.71. The zero-order valence-corrected chi connectivity index (χ0v) is 26.5. The summed E-state index contributed by atoms with van der Waals surface area (Å²) in [4.78, 5) is 27.1. The molecule has 4 nitrogen and oxygen atoms in total. The topological polar surface area (TPSA) is 55.4 Å². The first-order chi connectivity index (χ1) is 18.2. The fourth-order valence-electron chi connectivity index (χ4n) is 4.62. The highest BCUT2D eigenvalue weighted by atomic mass is 32.2. The lowest BCUT2D eigenvalue weighted by Gasteiger charge is -2.25. The number of rotatable bonds is 9. The second-order valence-electron chi connectivity index (χ2n) is 12.4. The number of esters is 1. The van der Waals surface area contributed by atoms with E-state index in [9.17, 15) is 9.59 Å². The van der Waals surface area contributed by atoms with Crippen LogP contribution in [0.1, 0.15) is 90.9 Å². The Balaban J connectivity index is 1.83. The van der Waals surface area contributed by atoms with Crippen molar-refractivity contribution in [1.29, 1.82) is 0 Å². The van der Waals surface area contributed by atoms with E-state index in [4.69, 9.17) is 0 Å². The molecule has 210 valence electrons. The molecule has 0 aliphatic rings. The van der Waals surface area contributed by atoms with E-state index in [0.717, 1.165) is 6.42 Å². The van der Waals surface area contributed by atoms with Crippen molar-refractivity contribution in [1.82, 2.24) is 5.32 Å². The molecule has 0 aliphatic heterocycles. The lowest BCUT2D eigenvalue weighted by molar-refractivity contribution is -0.140. The normalized spacial score (nSPS) is 12.7. The minimum Gasteiger partial charge on any atom is -0.469 e. The first-order valence-electron chi connectivity index (χ1n) is 13.5. The second-order valence-corrected chi connectivity index (χ2v) is 14.8. The molecule has 3 rings (SSSR count). The quantitative estimate of drug-likeness (QED) is 0.208. The van der Waals surface area contributed by atoms with Crippen molar-refractivity contribution < 1.29 is 14.3 Å². The summed E-state index contributed by atoms with van der Waals surface area (Å²) in [5.74, 6) is -0.481. The third-order valence-corrected chi connectivity index (χ3v) is 9.19. The van der Waals surface area contributed by atoms with Crippen molar-refractivity contribution in [3.8, 4) is 11.1 Å². The summed E-state index contributed by atoms with van der Waals surface area (Å²) in [6.07, 6.45) is 1.15. The number of ether oxygens (including phenoxy) is 1. The largest absolute Gasteiger partial charge is 0.469 e. The molecule has 0 saturated carbocycles. The van der Waals surface area contributed by atoms with Crippen LogP contribution in [-0.4, -0.2) is 25.5 Å². The average molecular weight is 566 g/mol. The second kappa shape index (κ2) is 12.7. The van der Waals surface area contributed by atoms with Crippen molar-refractivity contribution in [3.05, 3.63) is 75.0 Å². The van der Waals surface area contributed by atoms with E-state index in [-0.39, 0.29) is 40.9 Å². The zero-order chi connectivity index (χ0) is 29.0. The van der Waals surface area contributed by atoms with Gasteiger partial charge in [0.1, 0.15) is 0 Å². The lowest BCUT2D eigenvalue weighted by Crippen LogP contribution is -2.25. The number of aryl methyl sites for hydroxylation is 2. The van der Waals surface area contributed by atoms with Crippen LogP contribution in [0.3, 0.4) is 0 Å². The van der Waals surface area contributed by atoms with Crippen molar-refractivity contribution in [2.75, 3.05) is 13.7 Å². The van der Waals surface area contributed by atoms with Gasteiger partial charge in [-0.15, -0.1) is 23.1 Å². The number of thioether (sulfide) groups is 1. The predicted molar refractivity (Wildman–Crippen MR) is 166 cm³/mol. The summed E-state index contributed by atoms with van der Waals surface area (Å²) in [7, 11) is 1.35. The zero-order valence-electron chi connectivity index (χ0n) is 24.9. The van der Waals surface area contributed by atoms with E-state index in [1.165, 1.54) is 56.0 Å². The summed E-state index contributed by atoms with van der Waals surface area (Å²) < 4.78 is 4.65. The minimum atomic E-state index is -0.331. The Morgan fingerprint density at radius 2 is 1.56 bits per heavy atom. The first kappa shape index (κ1) is 31.0. The molecule has 0 radical (unpaired) electrons. The molecule has 0 bridgehead atoms. The molecule has 1 N–H and O–H groups in total. The van der Waals surface area contributed by atoms with Crippen LogP contribution in [0, 0.1) is 19.3 Å². The molecule has 39 heavy (non-hydrogen) atoms. The maximum absolute atomic E-state index is 12.7. The monoisotopic (exact) mass is 565 g/mol. The van der Waals surface area contributed by atoms with Gasteiger partial charge in [0.2, 0.25) is 0 Å². The highest BCUT2D eigenvalue weighted by molar-refractivity contribution is 7.99. The van der Waals surface area contributed by atoms with Gasteiger partial charge in [-0.2, -0.15) is 0 Å². The van der Waals surface area contributed by atoms with Crippen molar-refractivity contribution >= 4 is 35.0 Å². The van der Waals surface area contributed by atoms with Gasteiger partial charge in [0.05, 0.1) is 18.4 Å². The van der Waals surface area contributed by atoms with Crippen molar-refractivity contribution in [2.45, 2.75) is 83.8 Å². The Morgan fingerprint density at radius 1 is 0.949 bits per heavy atom. The van der Waals surface area contributed by atoms with E-state index < -0.39 is 0 Å². The van der Waals surface area contributed by atoms with Crippen molar-refractivity contribution in [2.24, 2.45) is 5.41 Å². The van der Waals surface area contributed by atoms with Crippen LogP contribution in [0.5, 0.6) is 0 Å². The van der Waals surface area contributed by atoms with E-state index in [0.29, 0.717) is 4.88 Å². The standard InChI is InChI=1S/C33H43NO3S2/c1-21-18-25(19-22(2)30(21)23-10-12-24(13-11-23)33(6,7)8)38-28(20-32(3,4)5)26-14-15-27(39-26)31(36)34-17-16-29(35)37-9/h10-15,18-19,28H,16-17,20H2,1-9H3,(H,34,36). The maximum atomic E-state index is 12.7.